The van der Waals surface area contributed by atoms with Gasteiger partial charge in [0.15, 0.2) is 5.75 Å². The van der Waals surface area contributed by atoms with Gasteiger partial charge in [0.05, 0.1) is 0 Å². The Labute approximate surface area is 83.3 Å². The molecule has 0 saturated heterocycles. The van der Waals surface area contributed by atoms with Crippen LogP contribution in [-0.4, -0.2) is 11.6 Å². The maximum atomic E-state index is 11.5. The summed E-state index contributed by atoms with van der Waals surface area (Å²) in [6.45, 7) is 5.29. The van der Waals surface area contributed by atoms with Crippen LogP contribution in [0, 0.1) is 0 Å². The van der Waals surface area contributed by atoms with Crippen LogP contribution in [0.5, 0.6) is 5.75 Å². The summed E-state index contributed by atoms with van der Waals surface area (Å²) in [5, 5.41) is 11.2. The van der Waals surface area contributed by atoms with Crippen LogP contribution in [0.25, 0.3) is 0 Å². The Kier molecular flexibility index (Phi) is 2.79. The minimum Gasteiger partial charge on any atom is -0.456 e. The molecular weight excluding hydrogens is 180 g/mol. The van der Waals surface area contributed by atoms with Crippen molar-refractivity contribution in [1.29, 1.82) is 0 Å². The van der Waals surface area contributed by atoms with E-state index in [1.54, 1.807) is 32.9 Å². The molecule has 0 bridgehead atoms. The van der Waals surface area contributed by atoms with E-state index in [1.807, 2.05) is 0 Å². The van der Waals surface area contributed by atoms with Gasteiger partial charge in [-0.3, -0.25) is 5.11 Å². The van der Waals surface area contributed by atoms with Gasteiger partial charge in [0.1, 0.15) is 11.2 Å². The van der Waals surface area contributed by atoms with Crippen LogP contribution >= 0.6 is 0 Å². The summed E-state index contributed by atoms with van der Waals surface area (Å²) in [5.74, 6) is -0.871. The zero-order valence-electron chi connectivity index (χ0n) is 8.53. The predicted octanol–water partition coefficient (Wildman–Crippen LogP) is 2.79. The predicted molar refractivity (Wildman–Crippen MR) is 51.7 cm³/mol. The van der Waals surface area contributed by atoms with Gasteiger partial charge in [-0.25, -0.2) is 4.79 Å². The summed E-state index contributed by atoms with van der Waals surface area (Å²) < 4.78 is 5.07. The van der Waals surface area contributed by atoms with E-state index in [0.29, 0.717) is 0 Å². The van der Waals surface area contributed by atoms with Crippen LogP contribution in [-0.2, 0) is 9.84 Å². The van der Waals surface area contributed by atoms with Crippen molar-refractivity contribution >= 4 is 5.97 Å². The van der Waals surface area contributed by atoms with Crippen molar-refractivity contribution in [3.8, 4) is 5.75 Å². The molecule has 3 nitrogen and oxygen atoms in total. The molecule has 0 fully saturated rings. The highest BCUT2D eigenvalue weighted by molar-refractivity contribution is 5.92. The van der Waals surface area contributed by atoms with E-state index in [1.165, 1.54) is 12.1 Å². The van der Waals surface area contributed by atoms with Gasteiger partial charge in [-0.2, -0.15) is 0 Å². The average molecular weight is 193 g/mol. The molecule has 0 aliphatic carbocycles. The third-order valence-electron chi connectivity index (χ3n) is 1.51. The van der Waals surface area contributed by atoms with Crippen LogP contribution in [0.2, 0.25) is 0 Å². The lowest BCUT2D eigenvalue weighted by atomic mass is 10.1. The fourth-order valence-corrected chi connectivity index (χ4v) is 0.968. The molecule has 0 N–H and O–H groups in total. The normalized spacial score (nSPS) is 11.1. The molecule has 75 valence electrons. The lowest BCUT2D eigenvalue weighted by Crippen LogP contribution is -2.23. The highest BCUT2D eigenvalue weighted by atomic mass is 16.6. The Balaban J connectivity index is 2.86. The van der Waals surface area contributed by atoms with Crippen LogP contribution in [0.3, 0.4) is 0 Å². The van der Waals surface area contributed by atoms with E-state index in [4.69, 9.17) is 4.74 Å². The number of rotatable bonds is 1. The molecule has 14 heavy (non-hydrogen) atoms. The van der Waals surface area contributed by atoms with Crippen molar-refractivity contribution in [1.82, 2.24) is 0 Å². The van der Waals surface area contributed by atoms with Crippen molar-refractivity contribution in [2.24, 2.45) is 0 Å². The number of benzene rings is 1. The molecule has 1 aromatic rings. The number of hydrogen-bond acceptors (Lipinski definition) is 2. The number of carbonyl (C=O) groups excluding carboxylic acids is 1. The quantitative estimate of drug-likeness (QED) is 0.644. The first-order valence-corrected chi connectivity index (χ1v) is 4.39. The molecule has 0 atom stereocenters. The highest BCUT2D eigenvalue weighted by Gasteiger charge is 2.20. The molecule has 1 radical (unpaired) electrons. The van der Waals surface area contributed by atoms with E-state index >= 15 is 0 Å². The van der Waals surface area contributed by atoms with E-state index in [0.717, 1.165) is 0 Å². The second-order valence-electron chi connectivity index (χ2n) is 4.00. The van der Waals surface area contributed by atoms with E-state index in [9.17, 15) is 9.90 Å². The smallest absolute Gasteiger partial charge is 0.342 e. The zero-order chi connectivity index (χ0) is 10.8. The average Bonchev–Trinajstić information content (AvgIpc) is 2.01. The Morgan fingerprint density at radius 1 is 1.21 bits per heavy atom. The maximum absolute atomic E-state index is 11.5. The Morgan fingerprint density at radius 3 is 2.29 bits per heavy atom. The molecule has 0 amide bonds. The lowest BCUT2D eigenvalue weighted by Gasteiger charge is -2.19. The number of ether oxygens (including phenoxy) is 1. The van der Waals surface area contributed by atoms with Gasteiger partial charge in [-0.15, -0.1) is 0 Å². The largest absolute Gasteiger partial charge is 0.456 e. The summed E-state index contributed by atoms with van der Waals surface area (Å²) in [5.41, 5.74) is -0.484. The minimum absolute atomic E-state index is 0.0856. The first kappa shape index (κ1) is 10.6. The molecule has 0 unspecified atom stereocenters. The Bertz CT molecular complexity index is 337. The standard InChI is InChI=1S/C11H13O3/c1-11(2,3)14-10(13)8-6-4-5-7-9(8)12/h4-7H,1-3H3. The van der Waals surface area contributed by atoms with Crippen molar-refractivity contribution in [3.63, 3.8) is 0 Å². The van der Waals surface area contributed by atoms with Gasteiger partial charge in [0, 0.05) is 0 Å². The van der Waals surface area contributed by atoms with Gasteiger partial charge >= 0.3 is 5.97 Å². The van der Waals surface area contributed by atoms with Gasteiger partial charge in [-0.05, 0) is 32.9 Å². The first-order chi connectivity index (χ1) is 6.40. The van der Waals surface area contributed by atoms with Crippen molar-refractivity contribution in [3.05, 3.63) is 29.8 Å². The molecule has 0 aromatic heterocycles. The summed E-state index contributed by atoms with van der Waals surface area (Å²) >= 11 is 0. The van der Waals surface area contributed by atoms with E-state index in [2.05, 4.69) is 0 Å². The molecule has 1 aromatic carbocycles. The first-order valence-electron chi connectivity index (χ1n) is 4.39. The van der Waals surface area contributed by atoms with Gasteiger partial charge in [-0.1, -0.05) is 12.1 Å². The molecule has 1 rings (SSSR count). The van der Waals surface area contributed by atoms with Crippen LogP contribution < -0.4 is 0 Å². The summed E-state index contributed by atoms with van der Waals surface area (Å²) in [4.78, 5) is 11.5. The second kappa shape index (κ2) is 3.70. The molecular formula is C11H13O3. The SMILES string of the molecule is CC(C)(C)OC(=O)c1ccccc1[O]. The van der Waals surface area contributed by atoms with Gasteiger partial charge in [0.2, 0.25) is 0 Å². The van der Waals surface area contributed by atoms with Crippen molar-refractivity contribution in [2.45, 2.75) is 26.4 Å². The van der Waals surface area contributed by atoms with Crippen molar-refractivity contribution < 1.29 is 14.6 Å². The summed E-state index contributed by atoms with van der Waals surface area (Å²) in [7, 11) is 0. The molecule has 3 heteroatoms. The van der Waals surface area contributed by atoms with Crippen LogP contribution in [0.1, 0.15) is 31.1 Å². The highest BCUT2D eigenvalue weighted by Crippen LogP contribution is 2.20. The third-order valence-corrected chi connectivity index (χ3v) is 1.51. The monoisotopic (exact) mass is 193 g/mol. The Morgan fingerprint density at radius 2 is 1.79 bits per heavy atom. The van der Waals surface area contributed by atoms with Crippen LogP contribution in [0.15, 0.2) is 24.3 Å². The van der Waals surface area contributed by atoms with Gasteiger partial charge in [0.25, 0.3) is 0 Å². The number of hydrogen-bond donors (Lipinski definition) is 0. The molecule has 0 aliphatic heterocycles. The number of esters is 1. The molecule has 0 heterocycles. The number of para-hydroxylation sites is 1. The van der Waals surface area contributed by atoms with E-state index in [-0.39, 0.29) is 11.3 Å². The molecule has 0 saturated carbocycles. The Hall–Kier alpha value is -1.51. The zero-order valence-corrected chi connectivity index (χ0v) is 8.53. The van der Waals surface area contributed by atoms with Gasteiger partial charge < -0.3 is 4.74 Å². The van der Waals surface area contributed by atoms with E-state index < -0.39 is 11.6 Å². The second-order valence-corrected chi connectivity index (χ2v) is 4.00. The molecule has 0 aliphatic rings. The summed E-state index contributed by atoms with van der Waals surface area (Å²) in [6.07, 6.45) is 0. The summed E-state index contributed by atoms with van der Waals surface area (Å²) in [6, 6.07) is 6.05. The maximum Gasteiger partial charge on any atom is 0.342 e. The lowest BCUT2D eigenvalue weighted by molar-refractivity contribution is 0.00654. The fraction of sp³-hybridized carbons (Fsp3) is 0.364. The number of carbonyl (C=O) groups is 1. The van der Waals surface area contributed by atoms with Crippen LogP contribution in [0.4, 0.5) is 0 Å². The fourth-order valence-electron chi connectivity index (χ4n) is 0.968. The molecule has 0 spiro atoms. The van der Waals surface area contributed by atoms with Crippen molar-refractivity contribution in [2.75, 3.05) is 0 Å². The topological polar surface area (TPSA) is 46.2 Å². The third kappa shape index (κ3) is 2.76. The minimum atomic E-state index is -0.570.